The van der Waals surface area contributed by atoms with Crippen LogP contribution < -0.4 is 4.90 Å². The predicted octanol–water partition coefficient (Wildman–Crippen LogP) is 5.36. The number of nitrogens with zero attached hydrogens (tertiary/aromatic N) is 2. The van der Waals surface area contributed by atoms with Crippen LogP contribution in [0.2, 0.25) is 0 Å². The molecule has 4 nitrogen and oxygen atoms in total. The molecule has 148 valence electrons. The van der Waals surface area contributed by atoms with Gasteiger partial charge in [0.25, 0.3) is 0 Å². The highest BCUT2D eigenvalue weighted by Crippen LogP contribution is 2.40. The monoisotopic (exact) mass is 443 g/mol. The van der Waals surface area contributed by atoms with Gasteiger partial charge in [0.1, 0.15) is 6.10 Å². The first-order valence-electron chi connectivity index (χ1n) is 10.0. The average Bonchev–Trinajstić information content (AvgIpc) is 2.84. The molecule has 0 N–H and O–H groups in total. The molecule has 2 heterocycles. The van der Waals surface area contributed by atoms with Gasteiger partial charge in [0.15, 0.2) is 0 Å². The number of quaternary nitrogens is 1. The Morgan fingerprint density at radius 2 is 1.75 bits per heavy atom. The topological polar surface area (TPSA) is 29.5 Å². The van der Waals surface area contributed by atoms with Crippen molar-refractivity contribution in [2.24, 2.45) is 0 Å². The molecule has 2 aromatic carbocycles. The van der Waals surface area contributed by atoms with Crippen molar-refractivity contribution < 1.29 is 14.0 Å². The van der Waals surface area contributed by atoms with Gasteiger partial charge < -0.3 is 9.22 Å². The van der Waals surface area contributed by atoms with Crippen molar-refractivity contribution in [1.82, 2.24) is 0 Å². The molecule has 2 aromatic rings. The molecular formula is C23H28BrN2O2+. The third kappa shape index (κ3) is 3.96. The maximum atomic E-state index is 13.2. The number of anilines is 1. The van der Waals surface area contributed by atoms with E-state index in [9.17, 15) is 4.79 Å². The lowest BCUT2D eigenvalue weighted by Crippen LogP contribution is -2.56. The normalized spacial score (nSPS) is 25.3. The number of amides is 1. The highest BCUT2D eigenvalue weighted by Gasteiger charge is 2.50. The van der Waals surface area contributed by atoms with Gasteiger partial charge in [-0.15, -0.1) is 0 Å². The first kappa shape index (κ1) is 19.5. The summed E-state index contributed by atoms with van der Waals surface area (Å²) in [5.41, 5.74) is 1.93. The number of carbonyl (C=O) groups excluding carboxylic acids is 1. The van der Waals surface area contributed by atoms with Gasteiger partial charge in [-0.25, -0.2) is 4.79 Å². The van der Waals surface area contributed by atoms with Gasteiger partial charge in [0.2, 0.25) is 0 Å². The predicted molar refractivity (Wildman–Crippen MR) is 115 cm³/mol. The van der Waals surface area contributed by atoms with Crippen LogP contribution >= 0.6 is 15.9 Å². The van der Waals surface area contributed by atoms with Crippen LogP contribution in [0, 0.1) is 0 Å². The lowest BCUT2D eigenvalue weighted by molar-refractivity contribution is -0.931. The Kier molecular flexibility index (Phi) is 5.48. The van der Waals surface area contributed by atoms with E-state index in [2.05, 4.69) is 30.0 Å². The molecule has 2 saturated heterocycles. The summed E-state index contributed by atoms with van der Waals surface area (Å²) in [4.78, 5) is 14.9. The van der Waals surface area contributed by atoms with Gasteiger partial charge in [0, 0.05) is 35.8 Å². The Bertz CT molecular complexity index is 824. The van der Waals surface area contributed by atoms with Crippen LogP contribution in [0.3, 0.4) is 0 Å². The van der Waals surface area contributed by atoms with Crippen molar-refractivity contribution in [2.45, 2.75) is 50.4 Å². The van der Waals surface area contributed by atoms with Crippen LogP contribution in [0.1, 0.15) is 31.2 Å². The van der Waals surface area contributed by atoms with E-state index in [0.29, 0.717) is 18.6 Å². The Balaban J connectivity index is 1.51. The standard InChI is InChI=1S/C23H28BrN2O2/c1-26(2)20-11-12-21(26)15-22(14-20)28-23(27)25(19-9-4-3-5-10-19)16-17-7-6-8-18(24)13-17/h3-10,13,20-22H,11-12,14-16H2,1-2H3/q+1/t20-,21+,22?. The lowest BCUT2D eigenvalue weighted by atomic mass is 9.98. The summed E-state index contributed by atoms with van der Waals surface area (Å²) in [5.74, 6) is 0. The van der Waals surface area contributed by atoms with Gasteiger partial charge in [-0.1, -0.05) is 46.3 Å². The fraction of sp³-hybridized carbons (Fsp3) is 0.435. The van der Waals surface area contributed by atoms with Crippen molar-refractivity contribution in [1.29, 1.82) is 0 Å². The van der Waals surface area contributed by atoms with Gasteiger partial charge in [-0.05, 0) is 29.8 Å². The van der Waals surface area contributed by atoms with E-state index < -0.39 is 0 Å². The third-order valence-electron chi connectivity index (χ3n) is 6.57. The molecule has 1 amide bonds. The van der Waals surface area contributed by atoms with Crippen LogP contribution in [0.15, 0.2) is 59.1 Å². The molecule has 4 rings (SSSR count). The van der Waals surface area contributed by atoms with E-state index in [4.69, 9.17) is 4.74 Å². The van der Waals surface area contributed by atoms with E-state index >= 15 is 0 Å². The van der Waals surface area contributed by atoms with Gasteiger partial charge >= 0.3 is 6.09 Å². The second kappa shape index (κ2) is 7.88. The molecule has 0 aliphatic carbocycles. The van der Waals surface area contributed by atoms with Crippen LogP contribution in [-0.2, 0) is 11.3 Å². The molecule has 0 saturated carbocycles. The summed E-state index contributed by atoms with van der Waals surface area (Å²) in [5, 5.41) is 0. The van der Waals surface area contributed by atoms with Crippen LogP contribution in [0.5, 0.6) is 0 Å². The molecule has 2 aliphatic rings. The zero-order chi connectivity index (χ0) is 19.7. The lowest BCUT2D eigenvalue weighted by Gasteiger charge is -2.44. The van der Waals surface area contributed by atoms with Crippen LogP contribution in [-0.4, -0.2) is 42.9 Å². The fourth-order valence-corrected chi connectivity index (χ4v) is 5.27. The minimum absolute atomic E-state index is 0.0184. The number of ether oxygens (including phenoxy) is 1. The second-order valence-electron chi connectivity index (χ2n) is 8.54. The molecule has 0 aromatic heterocycles. The summed E-state index contributed by atoms with van der Waals surface area (Å²) in [7, 11) is 4.65. The van der Waals surface area contributed by atoms with Crippen molar-refractivity contribution in [3.63, 3.8) is 0 Å². The molecule has 0 spiro atoms. The largest absolute Gasteiger partial charge is 0.445 e. The first-order valence-corrected chi connectivity index (χ1v) is 10.8. The maximum Gasteiger partial charge on any atom is 0.414 e. The quantitative estimate of drug-likeness (QED) is 0.594. The van der Waals surface area contributed by atoms with Gasteiger partial charge in [-0.3, -0.25) is 4.90 Å². The Morgan fingerprint density at radius 3 is 2.39 bits per heavy atom. The first-order chi connectivity index (χ1) is 13.4. The van der Waals surface area contributed by atoms with E-state index in [-0.39, 0.29) is 12.2 Å². The minimum Gasteiger partial charge on any atom is -0.445 e. The number of rotatable bonds is 4. The number of hydrogen-bond acceptors (Lipinski definition) is 2. The van der Waals surface area contributed by atoms with Crippen molar-refractivity contribution in [3.8, 4) is 0 Å². The Labute approximate surface area is 175 Å². The molecule has 3 atom stereocenters. The summed E-state index contributed by atoms with van der Waals surface area (Å²) >= 11 is 3.52. The summed E-state index contributed by atoms with van der Waals surface area (Å²) < 4.78 is 8.14. The highest BCUT2D eigenvalue weighted by atomic mass is 79.9. The van der Waals surface area contributed by atoms with Crippen molar-refractivity contribution in [3.05, 3.63) is 64.6 Å². The molecule has 5 heteroatoms. The summed E-state index contributed by atoms with van der Waals surface area (Å²) in [6.45, 7) is 0.490. The maximum absolute atomic E-state index is 13.2. The number of halogens is 1. The van der Waals surface area contributed by atoms with Crippen LogP contribution in [0.4, 0.5) is 10.5 Å². The third-order valence-corrected chi connectivity index (χ3v) is 7.06. The molecule has 2 bridgehead atoms. The van der Waals surface area contributed by atoms with Crippen molar-refractivity contribution in [2.75, 3.05) is 19.0 Å². The second-order valence-corrected chi connectivity index (χ2v) is 9.46. The number of para-hydroxylation sites is 1. The number of benzene rings is 2. The molecule has 28 heavy (non-hydrogen) atoms. The van der Waals surface area contributed by atoms with E-state index in [1.54, 1.807) is 4.90 Å². The van der Waals surface area contributed by atoms with E-state index in [0.717, 1.165) is 33.0 Å². The van der Waals surface area contributed by atoms with Crippen LogP contribution in [0.25, 0.3) is 0 Å². The smallest absolute Gasteiger partial charge is 0.414 e. The fourth-order valence-electron chi connectivity index (χ4n) is 4.82. The number of carbonyl (C=O) groups is 1. The number of piperidine rings is 1. The zero-order valence-electron chi connectivity index (χ0n) is 16.6. The van der Waals surface area contributed by atoms with Gasteiger partial charge in [0.05, 0.1) is 32.7 Å². The minimum atomic E-state index is -0.247. The summed E-state index contributed by atoms with van der Waals surface area (Å²) in [6.07, 6.45) is 4.19. The van der Waals surface area contributed by atoms with Crippen molar-refractivity contribution >= 4 is 27.7 Å². The van der Waals surface area contributed by atoms with Gasteiger partial charge in [-0.2, -0.15) is 0 Å². The molecule has 2 fully saturated rings. The summed E-state index contributed by atoms with van der Waals surface area (Å²) in [6, 6.07) is 19.1. The van der Waals surface area contributed by atoms with E-state index in [1.807, 2.05) is 54.6 Å². The Morgan fingerprint density at radius 1 is 1.07 bits per heavy atom. The molecule has 2 aliphatic heterocycles. The molecular weight excluding hydrogens is 416 g/mol. The molecule has 1 unspecified atom stereocenters. The SMILES string of the molecule is C[N+]1(C)[C@@H]2CC[C@H]1CC(OC(=O)N(Cc1cccc(Br)c1)c1ccccc1)C2. The molecule has 0 radical (unpaired) electrons. The zero-order valence-corrected chi connectivity index (χ0v) is 18.1. The average molecular weight is 444 g/mol. The highest BCUT2D eigenvalue weighted by molar-refractivity contribution is 9.10. The number of hydrogen-bond donors (Lipinski definition) is 0. The van der Waals surface area contributed by atoms with E-state index in [1.165, 1.54) is 12.8 Å². The Hall–Kier alpha value is -1.85. The number of fused-ring (bicyclic) bond motifs is 2.